The third-order valence-corrected chi connectivity index (χ3v) is 6.07. The first kappa shape index (κ1) is 16.9. The van der Waals surface area contributed by atoms with Gasteiger partial charge in [-0.15, -0.1) is 11.6 Å². The average Bonchev–Trinajstić information content (AvgIpc) is 3.31. The number of alkyl halides is 1. The molecule has 0 radical (unpaired) electrons. The summed E-state index contributed by atoms with van der Waals surface area (Å²) in [4.78, 5) is 11.7. The maximum Gasteiger partial charge on any atom is 0.328 e. The van der Waals surface area contributed by atoms with Gasteiger partial charge in [-0.25, -0.2) is 0 Å². The lowest BCUT2D eigenvalue weighted by molar-refractivity contribution is -0.141. The molecule has 0 amide bonds. The molecule has 0 aromatic heterocycles. The largest absolute Gasteiger partial charge is 0.468 e. The van der Waals surface area contributed by atoms with E-state index < -0.39 is 16.3 Å². The Morgan fingerprint density at radius 3 is 1.65 bits per heavy atom. The number of methoxy groups -OCH3 is 1. The van der Waals surface area contributed by atoms with Crippen LogP contribution in [-0.2, 0) is 14.9 Å². The van der Waals surface area contributed by atoms with Crippen LogP contribution in [0, 0.1) is 0 Å². The zero-order chi connectivity index (χ0) is 18.2. The Kier molecular flexibility index (Phi) is 4.08. The van der Waals surface area contributed by atoms with Crippen LogP contribution in [0.5, 0.6) is 0 Å². The Hall–Kier alpha value is -2.58. The SMILES string of the molecule is COC(=O)[C@]1(Cl)[C@@H](c2ccccc2)C1(c1ccccc1)c1ccccc1. The van der Waals surface area contributed by atoms with Crippen molar-refractivity contribution >= 4 is 17.6 Å². The van der Waals surface area contributed by atoms with Crippen molar-refractivity contribution in [2.24, 2.45) is 0 Å². The molecule has 2 atom stereocenters. The first-order valence-corrected chi connectivity index (χ1v) is 8.98. The number of hydrogen-bond acceptors (Lipinski definition) is 2. The number of esters is 1. The third-order valence-electron chi connectivity index (χ3n) is 5.39. The van der Waals surface area contributed by atoms with E-state index in [-0.39, 0.29) is 5.92 Å². The summed E-state index contributed by atoms with van der Waals surface area (Å²) in [5.41, 5.74) is 2.38. The molecule has 1 fully saturated rings. The molecule has 3 aromatic rings. The summed E-state index contributed by atoms with van der Waals surface area (Å²) in [6, 6.07) is 30.0. The van der Waals surface area contributed by atoms with Crippen LogP contribution in [0.1, 0.15) is 22.6 Å². The minimum Gasteiger partial charge on any atom is -0.468 e. The van der Waals surface area contributed by atoms with Crippen molar-refractivity contribution in [3.05, 3.63) is 108 Å². The van der Waals surface area contributed by atoms with E-state index in [9.17, 15) is 4.79 Å². The summed E-state index contributed by atoms with van der Waals surface area (Å²) < 4.78 is 5.16. The lowest BCUT2D eigenvalue weighted by atomic mass is 9.83. The first-order chi connectivity index (χ1) is 12.7. The summed E-state index contributed by atoms with van der Waals surface area (Å²) in [6.45, 7) is 0. The van der Waals surface area contributed by atoms with E-state index >= 15 is 0 Å². The summed E-state index contributed by atoms with van der Waals surface area (Å²) in [6.07, 6.45) is 0. The van der Waals surface area contributed by atoms with E-state index in [0.717, 1.165) is 16.7 Å². The van der Waals surface area contributed by atoms with Gasteiger partial charge < -0.3 is 4.74 Å². The van der Waals surface area contributed by atoms with Gasteiger partial charge in [-0.1, -0.05) is 91.0 Å². The molecule has 0 saturated heterocycles. The molecule has 0 unspecified atom stereocenters. The average molecular weight is 363 g/mol. The number of ether oxygens (including phenoxy) is 1. The minimum absolute atomic E-state index is 0.213. The highest BCUT2D eigenvalue weighted by Gasteiger charge is 2.82. The second-order valence-corrected chi connectivity index (χ2v) is 7.18. The van der Waals surface area contributed by atoms with Crippen molar-refractivity contribution < 1.29 is 9.53 Å². The van der Waals surface area contributed by atoms with Gasteiger partial charge in [-0.2, -0.15) is 0 Å². The molecule has 1 saturated carbocycles. The third kappa shape index (κ3) is 2.15. The van der Waals surface area contributed by atoms with Gasteiger partial charge in [-0.05, 0) is 16.7 Å². The predicted octanol–water partition coefficient (Wildman–Crippen LogP) is 4.92. The molecule has 4 rings (SSSR count). The number of rotatable bonds is 4. The lowest BCUT2D eigenvalue weighted by Crippen LogP contribution is -2.29. The smallest absolute Gasteiger partial charge is 0.328 e. The molecule has 0 bridgehead atoms. The van der Waals surface area contributed by atoms with E-state index in [4.69, 9.17) is 16.3 Å². The zero-order valence-electron chi connectivity index (χ0n) is 14.4. The molecule has 1 aliphatic carbocycles. The summed E-state index contributed by atoms with van der Waals surface area (Å²) in [5, 5.41) is 0. The second-order valence-electron chi connectivity index (χ2n) is 6.59. The quantitative estimate of drug-likeness (QED) is 0.486. The van der Waals surface area contributed by atoms with E-state index in [0.29, 0.717) is 0 Å². The Bertz CT molecular complexity index is 869. The Morgan fingerprint density at radius 1 is 0.808 bits per heavy atom. The van der Waals surface area contributed by atoms with E-state index in [1.165, 1.54) is 7.11 Å². The monoisotopic (exact) mass is 362 g/mol. The predicted molar refractivity (Wildman–Crippen MR) is 103 cm³/mol. The molecule has 0 aliphatic heterocycles. The van der Waals surface area contributed by atoms with Crippen molar-refractivity contribution in [3.63, 3.8) is 0 Å². The molecule has 1 aliphatic rings. The fourth-order valence-corrected chi connectivity index (χ4v) is 4.95. The Labute approximate surface area is 158 Å². The van der Waals surface area contributed by atoms with Crippen molar-refractivity contribution in [2.45, 2.75) is 16.2 Å². The maximum atomic E-state index is 12.9. The fourth-order valence-electron chi connectivity index (χ4n) is 4.31. The van der Waals surface area contributed by atoms with Crippen molar-refractivity contribution in [1.82, 2.24) is 0 Å². The molecule has 0 N–H and O–H groups in total. The van der Waals surface area contributed by atoms with Gasteiger partial charge in [0, 0.05) is 5.92 Å². The van der Waals surface area contributed by atoms with Crippen molar-refractivity contribution in [2.75, 3.05) is 7.11 Å². The second kappa shape index (κ2) is 6.30. The molecule has 3 aromatic carbocycles. The number of hydrogen-bond donors (Lipinski definition) is 0. The zero-order valence-corrected chi connectivity index (χ0v) is 15.2. The molecule has 130 valence electrons. The standard InChI is InChI=1S/C23H19ClO2/c1-26-21(25)23(24)20(17-11-5-2-6-12-17)22(23,18-13-7-3-8-14-18)19-15-9-4-10-16-19/h2-16,20H,1H3/t20-,23+/m0/s1. The highest BCUT2D eigenvalue weighted by atomic mass is 35.5. The van der Waals surface area contributed by atoms with Gasteiger partial charge in [0.25, 0.3) is 0 Å². The summed E-state index contributed by atoms with van der Waals surface area (Å²) >= 11 is 7.11. The highest BCUT2D eigenvalue weighted by molar-refractivity contribution is 6.40. The number of halogens is 1. The lowest BCUT2D eigenvalue weighted by Gasteiger charge is -2.21. The molecule has 2 nitrogen and oxygen atoms in total. The summed E-state index contributed by atoms with van der Waals surface area (Å²) in [5.74, 6) is -0.615. The van der Waals surface area contributed by atoms with Crippen LogP contribution in [0.2, 0.25) is 0 Å². The molecule has 0 heterocycles. The van der Waals surface area contributed by atoms with Crippen LogP contribution in [-0.4, -0.2) is 18.0 Å². The van der Waals surface area contributed by atoms with Gasteiger partial charge in [-0.3, -0.25) is 4.79 Å². The minimum atomic E-state index is -1.19. The van der Waals surface area contributed by atoms with E-state index in [2.05, 4.69) is 0 Å². The first-order valence-electron chi connectivity index (χ1n) is 8.60. The maximum absolute atomic E-state index is 12.9. The highest BCUT2D eigenvalue weighted by Crippen LogP contribution is 2.75. The molecular formula is C23H19ClO2. The van der Waals surface area contributed by atoms with E-state index in [1.807, 2.05) is 91.0 Å². The van der Waals surface area contributed by atoms with Crippen LogP contribution in [0.3, 0.4) is 0 Å². The van der Waals surface area contributed by atoms with Crippen molar-refractivity contribution in [1.29, 1.82) is 0 Å². The van der Waals surface area contributed by atoms with Crippen LogP contribution >= 0.6 is 11.6 Å². The van der Waals surface area contributed by atoms with Gasteiger partial charge in [0.1, 0.15) is 0 Å². The summed E-state index contributed by atoms with van der Waals surface area (Å²) in [7, 11) is 1.40. The van der Waals surface area contributed by atoms with Gasteiger partial charge in [0.15, 0.2) is 4.87 Å². The van der Waals surface area contributed by atoms with Gasteiger partial charge >= 0.3 is 5.97 Å². The molecule has 0 spiro atoms. The van der Waals surface area contributed by atoms with Crippen molar-refractivity contribution in [3.8, 4) is 0 Å². The van der Waals surface area contributed by atoms with Crippen LogP contribution in [0.25, 0.3) is 0 Å². The molecule has 3 heteroatoms. The Morgan fingerprint density at radius 2 is 1.23 bits per heavy atom. The molecular weight excluding hydrogens is 344 g/mol. The van der Waals surface area contributed by atoms with Gasteiger partial charge in [0.05, 0.1) is 12.5 Å². The fraction of sp³-hybridized carbons (Fsp3) is 0.174. The Balaban J connectivity index is 2.02. The number of benzene rings is 3. The van der Waals surface area contributed by atoms with Crippen LogP contribution in [0.4, 0.5) is 0 Å². The van der Waals surface area contributed by atoms with E-state index in [1.54, 1.807) is 0 Å². The number of carbonyl (C=O) groups is 1. The normalized spacial score (nSPS) is 23.2. The topological polar surface area (TPSA) is 26.3 Å². The number of carbonyl (C=O) groups excluding carboxylic acids is 1. The van der Waals surface area contributed by atoms with Gasteiger partial charge in [0.2, 0.25) is 0 Å². The van der Waals surface area contributed by atoms with Crippen LogP contribution in [0.15, 0.2) is 91.0 Å². The van der Waals surface area contributed by atoms with Crippen LogP contribution < -0.4 is 0 Å². The molecule has 26 heavy (non-hydrogen) atoms.